The summed E-state index contributed by atoms with van der Waals surface area (Å²) in [6.45, 7) is 4.18. The van der Waals surface area contributed by atoms with Crippen LogP contribution in [0.2, 0.25) is 0 Å². The molecule has 0 fully saturated rings. The minimum Gasteiger partial charge on any atom is -0.497 e. The maximum absolute atomic E-state index is 12.9. The number of ketones is 1. The van der Waals surface area contributed by atoms with E-state index < -0.39 is 0 Å². The Morgan fingerprint density at radius 3 is 2.47 bits per heavy atom. The van der Waals surface area contributed by atoms with Crippen molar-refractivity contribution in [2.24, 2.45) is 0 Å². The van der Waals surface area contributed by atoms with Gasteiger partial charge in [0.05, 0.1) is 18.6 Å². The molecule has 0 aliphatic carbocycles. The standard InChI is InChI=1S/C30H27N3O2S/c1-20-11-16-27(21(2)17-20)33-29(18-24-9-6-8-22-7-4-5-10-26(22)24)31-32-30(33)36-19-28(34)23-12-14-25(35-3)15-13-23/h4-17H,18-19H2,1-3H3. The lowest BCUT2D eigenvalue weighted by atomic mass is 10.0. The predicted molar refractivity (Wildman–Crippen MR) is 146 cm³/mol. The Labute approximate surface area is 215 Å². The summed E-state index contributed by atoms with van der Waals surface area (Å²) < 4.78 is 7.30. The number of hydrogen-bond donors (Lipinski definition) is 0. The first-order valence-corrected chi connectivity index (χ1v) is 12.8. The highest BCUT2D eigenvalue weighted by Gasteiger charge is 2.19. The molecule has 4 aromatic carbocycles. The van der Waals surface area contributed by atoms with Crippen molar-refractivity contribution >= 4 is 28.3 Å². The van der Waals surface area contributed by atoms with Gasteiger partial charge in [0.25, 0.3) is 0 Å². The smallest absolute Gasteiger partial charge is 0.196 e. The molecule has 5 nitrogen and oxygen atoms in total. The Morgan fingerprint density at radius 1 is 0.917 bits per heavy atom. The molecule has 0 aliphatic heterocycles. The fourth-order valence-electron chi connectivity index (χ4n) is 4.41. The Kier molecular flexibility index (Phi) is 6.87. The van der Waals surface area contributed by atoms with E-state index in [0.29, 0.717) is 17.1 Å². The number of carbonyl (C=O) groups excluding carboxylic acids is 1. The number of nitrogens with zero attached hydrogens (tertiary/aromatic N) is 3. The molecule has 0 saturated carbocycles. The number of benzene rings is 4. The summed E-state index contributed by atoms with van der Waals surface area (Å²) in [6, 6.07) is 28.3. The molecule has 0 N–H and O–H groups in total. The average Bonchev–Trinajstić information content (AvgIpc) is 3.29. The van der Waals surface area contributed by atoms with Crippen molar-refractivity contribution in [1.82, 2.24) is 14.8 Å². The normalized spacial score (nSPS) is 11.1. The van der Waals surface area contributed by atoms with Gasteiger partial charge in [-0.3, -0.25) is 9.36 Å². The van der Waals surface area contributed by atoms with Gasteiger partial charge < -0.3 is 4.74 Å². The molecular formula is C30H27N3O2S. The van der Waals surface area contributed by atoms with Gasteiger partial charge in [-0.2, -0.15) is 0 Å². The highest BCUT2D eigenvalue weighted by Crippen LogP contribution is 2.28. The van der Waals surface area contributed by atoms with Crippen LogP contribution < -0.4 is 4.74 Å². The van der Waals surface area contributed by atoms with Gasteiger partial charge >= 0.3 is 0 Å². The summed E-state index contributed by atoms with van der Waals surface area (Å²) in [7, 11) is 1.61. The van der Waals surface area contributed by atoms with E-state index in [9.17, 15) is 4.79 Å². The number of hydrogen-bond acceptors (Lipinski definition) is 5. The number of thioether (sulfide) groups is 1. The van der Waals surface area contributed by atoms with E-state index in [1.54, 1.807) is 31.4 Å². The van der Waals surface area contributed by atoms with Gasteiger partial charge in [-0.15, -0.1) is 10.2 Å². The van der Waals surface area contributed by atoms with Crippen molar-refractivity contribution in [1.29, 1.82) is 0 Å². The monoisotopic (exact) mass is 493 g/mol. The third-order valence-electron chi connectivity index (χ3n) is 6.27. The van der Waals surface area contributed by atoms with Gasteiger partial charge in [0.2, 0.25) is 0 Å². The summed E-state index contributed by atoms with van der Waals surface area (Å²) in [4.78, 5) is 12.9. The van der Waals surface area contributed by atoms with E-state index in [1.807, 2.05) is 0 Å². The van der Waals surface area contributed by atoms with Crippen molar-refractivity contribution in [3.05, 3.63) is 113 Å². The van der Waals surface area contributed by atoms with E-state index in [4.69, 9.17) is 4.74 Å². The first-order valence-electron chi connectivity index (χ1n) is 11.8. The lowest BCUT2D eigenvalue weighted by Gasteiger charge is -2.14. The molecule has 0 saturated heterocycles. The molecule has 0 amide bonds. The molecule has 6 heteroatoms. The van der Waals surface area contributed by atoms with Gasteiger partial charge in [-0.25, -0.2) is 0 Å². The van der Waals surface area contributed by atoms with Crippen LogP contribution in [-0.2, 0) is 6.42 Å². The topological polar surface area (TPSA) is 57.0 Å². The number of methoxy groups -OCH3 is 1. The average molecular weight is 494 g/mol. The van der Waals surface area contributed by atoms with Gasteiger partial charge in [-0.1, -0.05) is 71.9 Å². The Hall–Kier alpha value is -3.90. The van der Waals surface area contributed by atoms with E-state index in [-0.39, 0.29) is 11.5 Å². The lowest BCUT2D eigenvalue weighted by molar-refractivity contribution is 0.102. The van der Waals surface area contributed by atoms with Gasteiger partial charge in [0.1, 0.15) is 11.6 Å². The third kappa shape index (κ3) is 4.90. The molecule has 1 aromatic heterocycles. The predicted octanol–water partition coefficient (Wildman–Crippen LogP) is 6.61. The first kappa shape index (κ1) is 23.8. The van der Waals surface area contributed by atoms with E-state index >= 15 is 0 Å². The molecule has 5 aromatic rings. The van der Waals surface area contributed by atoms with Gasteiger partial charge in [-0.05, 0) is 66.1 Å². The number of Topliss-reactive ketones (excluding diaryl/α,β-unsaturated/α-hetero) is 1. The second-order valence-corrected chi connectivity index (χ2v) is 9.72. The third-order valence-corrected chi connectivity index (χ3v) is 7.20. The van der Waals surface area contributed by atoms with Crippen LogP contribution in [0.1, 0.15) is 32.9 Å². The minimum atomic E-state index is 0.0356. The van der Waals surface area contributed by atoms with Crippen molar-refractivity contribution in [2.45, 2.75) is 25.4 Å². The summed E-state index contributed by atoms with van der Waals surface area (Å²) in [6.07, 6.45) is 0.634. The zero-order chi connectivity index (χ0) is 25.1. The van der Waals surface area contributed by atoms with Gasteiger partial charge in [0, 0.05) is 12.0 Å². The van der Waals surface area contributed by atoms with Crippen LogP contribution in [0.3, 0.4) is 0 Å². The van der Waals surface area contributed by atoms with Crippen LogP contribution in [0.4, 0.5) is 0 Å². The number of aryl methyl sites for hydroxylation is 2. The van der Waals surface area contributed by atoms with Crippen LogP contribution in [0, 0.1) is 13.8 Å². The molecule has 5 rings (SSSR count). The summed E-state index contributed by atoms with van der Waals surface area (Å²) in [5, 5.41) is 12.2. The number of fused-ring (bicyclic) bond motifs is 1. The van der Waals surface area contributed by atoms with Gasteiger partial charge in [0.15, 0.2) is 10.9 Å². The summed E-state index contributed by atoms with van der Waals surface area (Å²) in [5.41, 5.74) is 5.20. The van der Waals surface area contributed by atoms with E-state index in [0.717, 1.165) is 22.8 Å². The molecule has 0 bridgehead atoms. The summed E-state index contributed by atoms with van der Waals surface area (Å²) in [5.74, 6) is 1.88. The summed E-state index contributed by atoms with van der Waals surface area (Å²) >= 11 is 1.41. The lowest BCUT2D eigenvalue weighted by Crippen LogP contribution is -2.08. The molecule has 0 unspecified atom stereocenters. The minimum absolute atomic E-state index is 0.0356. The van der Waals surface area contributed by atoms with Crippen molar-refractivity contribution in [3.63, 3.8) is 0 Å². The highest BCUT2D eigenvalue weighted by molar-refractivity contribution is 7.99. The zero-order valence-electron chi connectivity index (χ0n) is 20.6. The van der Waals surface area contributed by atoms with Crippen LogP contribution in [0.25, 0.3) is 16.5 Å². The second kappa shape index (κ2) is 10.4. The SMILES string of the molecule is COc1ccc(C(=O)CSc2nnc(Cc3cccc4ccccc34)n2-c2ccc(C)cc2C)cc1. The Bertz CT molecular complexity index is 1530. The van der Waals surface area contributed by atoms with Crippen LogP contribution >= 0.6 is 11.8 Å². The van der Waals surface area contributed by atoms with Crippen molar-refractivity contribution < 1.29 is 9.53 Å². The maximum atomic E-state index is 12.9. The maximum Gasteiger partial charge on any atom is 0.196 e. The Morgan fingerprint density at radius 2 is 1.69 bits per heavy atom. The second-order valence-electron chi connectivity index (χ2n) is 8.78. The van der Waals surface area contributed by atoms with Crippen molar-refractivity contribution in [2.75, 3.05) is 12.9 Å². The molecule has 180 valence electrons. The van der Waals surface area contributed by atoms with Crippen LogP contribution in [0.5, 0.6) is 5.75 Å². The molecule has 0 atom stereocenters. The molecule has 0 spiro atoms. The molecule has 0 aliphatic rings. The zero-order valence-corrected chi connectivity index (χ0v) is 21.4. The fraction of sp³-hybridized carbons (Fsp3) is 0.167. The molecule has 0 radical (unpaired) electrons. The number of aromatic nitrogens is 3. The fourth-order valence-corrected chi connectivity index (χ4v) is 5.27. The largest absolute Gasteiger partial charge is 0.497 e. The Balaban J connectivity index is 1.49. The number of rotatable bonds is 8. The van der Waals surface area contributed by atoms with Crippen molar-refractivity contribution in [3.8, 4) is 11.4 Å². The van der Waals surface area contributed by atoms with Crippen LogP contribution in [-0.4, -0.2) is 33.4 Å². The van der Waals surface area contributed by atoms with E-state index in [2.05, 4.69) is 89.3 Å². The van der Waals surface area contributed by atoms with Crippen LogP contribution in [0.15, 0.2) is 90.1 Å². The molecule has 36 heavy (non-hydrogen) atoms. The quantitative estimate of drug-likeness (QED) is 0.180. The van der Waals surface area contributed by atoms with E-state index in [1.165, 1.54) is 33.7 Å². The molecule has 1 heterocycles. The first-order chi connectivity index (χ1) is 17.5. The number of ether oxygens (including phenoxy) is 1. The highest BCUT2D eigenvalue weighted by atomic mass is 32.2. The molecular weight excluding hydrogens is 466 g/mol. The number of carbonyl (C=O) groups is 1.